The number of hydrogen-bond acceptors (Lipinski definition) is 5. The smallest absolute Gasteiger partial charge is 0.238 e. The molecule has 0 radical (unpaired) electrons. The first kappa shape index (κ1) is 23.1. The van der Waals surface area contributed by atoms with Gasteiger partial charge in [0.25, 0.3) is 0 Å². The van der Waals surface area contributed by atoms with Crippen molar-refractivity contribution in [2.24, 2.45) is 0 Å². The highest BCUT2D eigenvalue weighted by Gasteiger charge is 2.27. The Balaban J connectivity index is 1.83. The SMILES string of the molecule is Cc1cc(C)c(NC(=O)CCCS(=O)(=O)C(C)C(=O)NCc2cccs2)c(C)c1. The minimum Gasteiger partial charge on any atom is -0.350 e. The van der Waals surface area contributed by atoms with E-state index in [1.807, 2.05) is 50.4 Å². The predicted molar refractivity (Wildman–Crippen MR) is 118 cm³/mol. The fraction of sp³-hybridized carbons (Fsp3) is 0.429. The van der Waals surface area contributed by atoms with Crippen molar-refractivity contribution in [1.82, 2.24) is 5.32 Å². The van der Waals surface area contributed by atoms with Gasteiger partial charge in [-0.3, -0.25) is 9.59 Å². The van der Waals surface area contributed by atoms with Crippen LogP contribution in [0.15, 0.2) is 29.6 Å². The second-order valence-electron chi connectivity index (χ2n) is 7.23. The summed E-state index contributed by atoms with van der Waals surface area (Å²) in [5.74, 6) is -0.960. The number of amides is 2. The molecule has 0 bridgehead atoms. The maximum Gasteiger partial charge on any atom is 0.238 e. The monoisotopic (exact) mass is 436 g/mol. The van der Waals surface area contributed by atoms with E-state index in [4.69, 9.17) is 0 Å². The van der Waals surface area contributed by atoms with Crippen molar-refractivity contribution in [3.05, 3.63) is 51.2 Å². The molecule has 0 spiro atoms. The van der Waals surface area contributed by atoms with Gasteiger partial charge in [-0.25, -0.2) is 8.42 Å². The van der Waals surface area contributed by atoms with E-state index in [2.05, 4.69) is 10.6 Å². The maximum atomic E-state index is 12.4. The van der Waals surface area contributed by atoms with Gasteiger partial charge in [-0.15, -0.1) is 11.3 Å². The molecule has 2 amide bonds. The van der Waals surface area contributed by atoms with Crippen LogP contribution in [0.2, 0.25) is 0 Å². The number of aryl methyl sites for hydroxylation is 3. The Morgan fingerprint density at radius 2 is 1.79 bits per heavy atom. The van der Waals surface area contributed by atoms with Gasteiger partial charge in [0.05, 0.1) is 12.3 Å². The van der Waals surface area contributed by atoms with E-state index in [0.29, 0.717) is 6.54 Å². The van der Waals surface area contributed by atoms with E-state index in [0.717, 1.165) is 27.3 Å². The number of rotatable bonds is 9. The van der Waals surface area contributed by atoms with Gasteiger partial charge in [-0.05, 0) is 56.7 Å². The van der Waals surface area contributed by atoms with Crippen molar-refractivity contribution >= 4 is 38.7 Å². The zero-order valence-electron chi connectivity index (χ0n) is 17.2. The van der Waals surface area contributed by atoms with Crippen LogP contribution in [0.4, 0.5) is 5.69 Å². The Morgan fingerprint density at radius 3 is 2.38 bits per heavy atom. The highest BCUT2D eigenvalue weighted by Crippen LogP contribution is 2.22. The van der Waals surface area contributed by atoms with E-state index in [1.54, 1.807) is 0 Å². The number of carbonyl (C=O) groups excluding carboxylic acids is 2. The molecule has 0 saturated carbocycles. The average Bonchev–Trinajstić information content (AvgIpc) is 3.15. The minimum absolute atomic E-state index is 0.0789. The normalized spacial score (nSPS) is 12.4. The standard InChI is InChI=1S/C21H28N2O4S2/c1-14-11-15(2)20(16(3)12-14)23-19(24)8-6-10-29(26,27)17(4)21(25)22-13-18-7-5-9-28-18/h5,7,9,11-12,17H,6,8,10,13H2,1-4H3,(H,22,25)(H,23,24). The van der Waals surface area contributed by atoms with Crippen LogP contribution in [-0.2, 0) is 26.0 Å². The van der Waals surface area contributed by atoms with Crippen LogP contribution in [0.5, 0.6) is 0 Å². The third kappa shape index (κ3) is 6.68. The summed E-state index contributed by atoms with van der Waals surface area (Å²) in [6, 6.07) is 7.73. The summed E-state index contributed by atoms with van der Waals surface area (Å²) < 4.78 is 24.9. The zero-order chi connectivity index (χ0) is 21.6. The molecule has 0 aliphatic heterocycles. The van der Waals surface area contributed by atoms with Crippen molar-refractivity contribution in [3.8, 4) is 0 Å². The highest BCUT2D eigenvalue weighted by atomic mass is 32.2. The van der Waals surface area contributed by atoms with Crippen molar-refractivity contribution in [3.63, 3.8) is 0 Å². The van der Waals surface area contributed by atoms with Gasteiger partial charge in [0.15, 0.2) is 9.84 Å². The van der Waals surface area contributed by atoms with Crippen LogP contribution < -0.4 is 10.6 Å². The van der Waals surface area contributed by atoms with Crippen LogP contribution in [0, 0.1) is 20.8 Å². The molecule has 2 rings (SSSR count). The fourth-order valence-electron chi connectivity index (χ4n) is 3.08. The van der Waals surface area contributed by atoms with E-state index in [1.165, 1.54) is 18.3 Å². The third-order valence-corrected chi connectivity index (χ3v) is 7.72. The summed E-state index contributed by atoms with van der Waals surface area (Å²) in [5, 5.41) is 6.27. The lowest BCUT2D eigenvalue weighted by molar-refractivity contribution is -0.120. The number of carbonyl (C=O) groups is 2. The first-order chi connectivity index (χ1) is 13.6. The Morgan fingerprint density at radius 1 is 1.14 bits per heavy atom. The van der Waals surface area contributed by atoms with Gasteiger partial charge < -0.3 is 10.6 Å². The molecule has 0 saturated heterocycles. The van der Waals surface area contributed by atoms with Crippen LogP contribution in [0.3, 0.4) is 0 Å². The van der Waals surface area contributed by atoms with E-state index in [-0.39, 0.29) is 24.5 Å². The second kappa shape index (κ2) is 10.0. The van der Waals surface area contributed by atoms with Crippen LogP contribution in [-0.4, -0.2) is 31.2 Å². The number of thiophene rings is 1. The molecule has 158 valence electrons. The number of nitrogens with one attached hydrogen (secondary N) is 2. The molecular formula is C21H28N2O4S2. The van der Waals surface area contributed by atoms with E-state index in [9.17, 15) is 18.0 Å². The summed E-state index contributed by atoms with van der Waals surface area (Å²) >= 11 is 1.50. The van der Waals surface area contributed by atoms with Crippen molar-refractivity contribution < 1.29 is 18.0 Å². The van der Waals surface area contributed by atoms with Gasteiger partial charge in [0, 0.05) is 17.0 Å². The lowest BCUT2D eigenvalue weighted by atomic mass is 10.0. The fourth-order valence-corrected chi connectivity index (χ4v) is 5.04. The van der Waals surface area contributed by atoms with Gasteiger partial charge in [-0.1, -0.05) is 23.8 Å². The topological polar surface area (TPSA) is 92.3 Å². The summed E-state index contributed by atoms with van der Waals surface area (Å²) in [7, 11) is -3.63. The van der Waals surface area contributed by atoms with Gasteiger partial charge >= 0.3 is 0 Å². The van der Waals surface area contributed by atoms with Gasteiger partial charge in [0.1, 0.15) is 5.25 Å². The van der Waals surface area contributed by atoms with Crippen molar-refractivity contribution in [2.45, 2.75) is 52.3 Å². The molecule has 29 heavy (non-hydrogen) atoms. The molecule has 2 aromatic rings. The number of anilines is 1. The van der Waals surface area contributed by atoms with Crippen LogP contribution in [0.25, 0.3) is 0 Å². The second-order valence-corrected chi connectivity index (χ2v) is 10.7. The molecule has 2 N–H and O–H groups in total. The molecule has 1 atom stereocenters. The van der Waals surface area contributed by atoms with Gasteiger partial charge in [0.2, 0.25) is 11.8 Å². The Kier molecular flexibility index (Phi) is 7.98. The van der Waals surface area contributed by atoms with Crippen molar-refractivity contribution in [2.75, 3.05) is 11.1 Å². The van der Waals surface area contributed by atoms with E-state index < -0.39 is 21.0 Å². The van der Waals surface area contributed by atoms with Crippen LogP contribution >= 0.6 is 11.3 Å². The average molecular weight is 437 g/mol. The summed E-state index contributed by atoms with van der Waals surface area (Å²) in [5.41, 5.74) is 3.83. The first-order valence-corrected chi connectivity index (χ1v) is 12.1. The summed E-state index contributed by atoms with van der Waals surface area (Å²) in [6.45, 7) is 7.55. The molecule has 0 fully saturated rings. The zero-order valence-corrected chi connectivity index (χ0v) is 18.9. The lowest BCUT2D eigenvalue weighted by Crippen LogP contribution is -2.38. The molecule has 1 aromatic carbocycles. The molecule has 8 heteroatoms. The third-order valence-electron chi connectivity index (χ3n) is 4.70. The molecule has 6 nitrogen and oxygen atoms in total. The molecule has 0 aliphatic rings. The predicted octanol–water partition coefficient (Wildman–Crippen LogP) is 3.51. The Bertz CT molecular complexity index is 944. The number of benzene rings is 1. The van der Waals surface area contributed by atoms with E-state index >= 15 is 0 Å². The Hall–Kier alpha value is -2.19. The summed E-state index contributed by atoms with van der Waals surface area (Å²) in [4.78, 5) is 25.4. The number of hydrogen-bond donors (Lipinski definition) is 2. The maximum absolute atomic E-state index is 12.4. The molecule has 0 aliphatic carbocycles. The quantitative estimate of drug-likeness (QED) is 0.629. The van der Waals surface area contributed by atoms with Gasteiger partial charge in [-0.2, -0.15) is 0 Å². The lowest BCUT2D eigenvalue weighted by Gasteiger charge is -2.14. The minimum atomic E-state index is -3.63. The highest BCUT2D eigenvalue weighted by molar-refractivity contribution is 7.92. The van der Waals surface area contributed by atoms with Crippen molar-refractivity contribution in [1.29, 1.82) is 0 Å². The summed E-state index contributed by atoms with van der Waals surface area (Å²) in [6.07, 6.45) is 0.246. The molecule has 1 unspecified atom stereocenters. The molecule has 1 aromatic heterocycles. The number of sulfone groups is 1. The molecular weight excluding hydrogens is 408 g/mol. The first-order valence-electron chi connectivity index (χ1n) is 9.49. The molecule has 1 heterocycles. The largest absolute Gasteiger partial charge is 0.350 e. The van der Waals surface area contributed by atoms with Crippen LogP contribution in [0.1, 0.15) is 41.3 Å². The Labute approximate surface area is 176 Å².